The molecule has 5 nitrogen and oxygen atoms in total. The number of carbonyl (C=O) groups excluding carboxylic acids is 1. The molecule has 23 heavy (non-hydrogen) atoms. The first kappa shape index (κ1) is 17.4. The van der Waals surface area contributed by atoms with Crippen LogP contribution < -0.4 is 0 Å². The summed E-state index contributed by atoms with van der Waals surface area (Å²) in [5, 5.41) is 0. The lowest BCUT2D eigenvalue weighted by Crippen LogP contribution is -2.32. The van der Waals surface area contributed by atoms with Gasteiger partial charge in [0.05, 0.1) is 13.2 Å². The molecule has 1 aliphatic carbocycles. The van der Waals surface area contributed by atoms with Crippen molar-refractivity contribution >= 4 is 5.97 Å². The summed E-state index contributed by atoms with van der Waals surface area (Å²) in [6.07, 6.45) is 3.56. The minimum absolute atomic E-state index is 0.00811. The van der Waals surface area contributed by atoms with Crippen molar-refractivity contribution in [2.24, 2.45) is 5.41 Å². The van der Waals surface area contributed by atoms with Crippen LogP contribution in [0.3, 0.4) is 0 Å². The quantitative estimate of drug-likeness (QED) is 0.454. The smallest absolute Gasteiger partial charge is 0.384 e. The number of hydrogen-bond donors (Lipinski definition) is 0. The van der Waals surface area contributed by atoms with E-state index in [1.165, 1.54) is 7.11 Å². The molecule has 0 amide bonds. The van der Waals surface area contributed by atoms with Crippen LogP contribution in [0, 0.1) is 17.3 Å². The Morgan fingerprint density at radius 3 is 2.87 bits per heavy atom. The second-order valence-corrected chi connectivity index (χ2v) is 6.27. The van der Waals surface area contributed by atoms with Crippen molar-refractivity contribution in [3.63, 3.8) is 0 Å². The molecule has 1 aliphatic heterocycles. The highest BCUT2D eigenvalue weighted by atomic mass is 16.6. The Morgan fingerprint density at radius 2 is 2.22 bits per heavy atom. The lowest BCUT2D eigenvalue weighted by Gasteiger charge is -2.39. The Morgan fingerprint density at radius 1 is 1.43 bits per heavy atom. The molecule has 0 radical (unpaired) electrons. The number of hydrogen-bond acceptors (Lipinski definition) is 5. The summed E-state index contributed by atoms with van der Waals surface area (Å²) >= 11 is 0. The van der Waals surface area contributed by atoms with Crippen molar-refractivity contribution < 1.29 is 23.7 Å². The van der Waals surface area contributed by atoms with Gasteiger partial charge in [-0.25, -0.2) is 4.79 Å². The molecule has 126 valence electrons. The van der Waals surface area contributed by atoms with Gasteiger partial charge in [0.1, 0.15) is 26.1 Å². The van der Waals surface area contributed by atoms with Crippen LogP contribution in [0.2, 0.25) is 0 Å². The summed E-state index contributed by atoms with van der Waals surface area (Å²) in [6.45, 7) is 7.82. The Hall–Kier alpha value is -1.93. The van der Waals surface area contributed by atoms with Gasteiger partial charge in [-0.3, -0.25) is 0 Å². The zero-order valence-electron chi connectivity index (χ0n) is 14.2. The fourth-order valence-electron chi connectivity index (χ4n) is 3.07. The lowest BCUT2D eigenvalue weighted by molar-refractivity contribution is -0.133. The van der Waals surface area contributed by atoms with Gasteiger partial charge in [0.25, 0.3) is 0 Å². The summed E-state index contributed by atoms with van der Waals surface area (Å²) in [6, 6.07) is 0. The molecule has 1 unspecified atom stereocenters. The molecular formula is C18H24O5. The molecule has 0 fully saturated rings. The van der Waals surface area contributed by atoms with Gasteiger partial charge >= 0.3 is 5.97 Å². The average molecular weight is 320 g/mol. The van der Waals surface area contributed by atoms with Crippen LogP contribution in [0.15, 0.2) is 23.2 Å². The molecule has 1 atom stereocenters. The molecule has 1 heterocycles. The summed E-state index contributed by atoms with van der Waals surface area (Å²) in [7, 11) is 1.31. The van der Waals surface area contributed by atoms with E-state index in [4.69, 9.17) is 14.2 Å². The monoisotopic (exact) mass is 320 g/mol. The third kappa shape index (κ3) is 4.29. The highest BCUT2D eigenvalue weighted by molar-refractivity contribution is 5.88. The zero-order chi connectivity index (χ0) is 16.9. The van der Waals surface area contributed by atoms with Crippen LogP contribution in [0.1, 0.15) is 33.6 Å². The highest BCUT2D eigenvalue weighted by Gasteiger charge is 2.37. The van der Waals surface area contributed by atoms with Crippen molar-refractivity contribution in [3.05, 3.63) is 23.2 Å². The number of esters is 1. The maximum atomic E-state index is 11.0. The minimum atomic E-state index is -0.552. The molecule has 0 bridgehead atoms. The van der Waals surface area contributed by atoms with Gasteiger partial charge in [-0.15, -0.1) is 0 Å². The standard InChI is InChI=1S/C18H24O5/c1-13-14(22-9-5-6-16(19)20-4)7-8-18(2,3)17(13)15-12-21-10-11-23-15/h12,14H,7-11H2,1-4H3. The van der Waals surface area contributed by atoms with Gasteiger partial charge in [0.2, 0.25) is 0 Å². The van der Waals surface area contributed by atoms with E-state index in [1.807, 2.05) is 0 Å². The molecule has 2 rings (SSSR count). The first-order valence-electron chi connectivity index (χ1n) is 7.80. The van der Waals surface area contributed by atoms with E-state index >= 15 is 0 Å². The van der Waals surface area contributed by atoms with Crippen LogP contribution in [-0.4, -0.2) is 39.0 Å². The van der Waals surface area contributed by atoms with E-state index in [0.717, 1.165) is 29.7 Å². The van der Waals surface area contributed by atoms with Crippen molar-refractivity contribution in [1.82, 2.24) is 0 Å². The fourth-order valence-corrected chi connectivity index (χ4v) is 3.07. The number of allylic oxidation sites excluding steroid dienone is 1. The van der Waals surface area contributed by atoms with Gasteiger partial charge in [0, 0.05) is 11.5 Å². The molecule has 0 aromatic rings. The average Bonchev–Trinajstić information content (AvgIpc) is 2.53. The molecular weight excluding hydrogens is 296 g/mol. The van der Waals surface area contributed by atoms with Gasteiger partial charge in [-0.1, -0.05) is 19.8 Å². The highest BCUT2D eigenvalue weighted by Crippen LogP contribution is 2.45. The lowest BCUT2D eigenvalue weighted by atomic mass is 9.71. The maximum absolute atomic E-state index is 11.0. The number of methoxy groups -OCH3 is 1. The van der Waals surface area contributed by atoms with E-state index in [9.17, 15) is 4.79 Å². The van der Waals surface area contributed by atoms with E-state index in [2.05, 4.69) is 37.3 Å². The van der Waals surface area contributed by atoms with Gasteiger partial charge in [-0.05, 0) is 30.8 Å². The predicted molar refractivity (Wildman–Crippen MR) is 85.2 cm³/mol. The van der Waals surface area contributed by atoms with Crippen LogP contribution in [-0.2, 0) is 23.7 Å². The number of ether oxygens (including phenoxy) is 4. The Balaban J connectivity index is 2.13. The Labute approximate surface area is 137 Å². The second kappa shape index (κ2) is 7.56. The molecule has 5 heteroatoms. The Bertz CT molecular complexity index is 574. The van der Waals surface area contributed by atoms with Gasteiger partial charge < -0.3 is 18.9 Å². The molecule has 0 aromatic carbocycles. The van der Waals surface area contributed by atoms with E-state index in [0.29, 0.717) is 13.2 Å². The second-order valence-electron chi connectivity index (χ2n) is 6.27. The van der Waals surface area contributed by atoms with E-state index in [1.54, 1.807) is 6.26 Å². The van der Waals surface area contributed by atoms with Crippen LogP contribution >= 0.6 is 0 Å². The third-order valence-corrected chi connectivity index (χ3v) is 4.21. The fraction of sp³-hybridized carbons (Fsp3) is 0.611. The number of rotatable bonds is 3. The summed E-state index contributed by atoms with van der Waals surface area (Å²) in [5.74, 6) is 5.30. The normalized spacial score (nSPS) is 23.0. The molecule has 0 saturated carbocycles. The third-order valence-electron chi connectivity index (χ3n) is 4.21. The minimum Gasteiger partial charge on any atom is -0.494 e. The van der Waals surface area contributed by atoms with Crippen molar-refractivity contribution in [3.8, 4) is 11.8 Å². The first-order chi connectivity index (χ1) is 11.0. The summed E-state index contributed by atoms with van der Waals surface area (Å²) < 4.78 is 21.5. The molecule has 0 spiro atoms. The predicted octanol–water partition coefficient (Wildman–Crippen LogP) is 2.57. The topological polar surface area (TPSA) is 54.0 Å². The largest absolute Gasteiger partial charge is 0.494 e. The Kier molecular flexibility index (Phi) is 5.73. The van der Waals surface area contributed by atoms with Crippen LogP contribution in [0.5, 0.6) is 0 Å². The van der Waals surface area contributed by atoms with E-state index in [-0.39, 0.29) is 18.1 Å². The molecule has 0 N–H and O–H groups in total. The van der Waals surface area contributed by atoms with Gasteiger partial charge in [0.15, 0.2) is 5.76 Å². The van der Waals surface area contributed by atoms with Crippen LogP contribution in [0.4, 0.5) is 0 Å². The first-order valence-corrected chi connectivity index (χ1v) is 7.80. The maximum Gasteiger partial charge on any atom is 0.384 e. The van der Waals surface area contributed by atoms with Crippen molar-refractivity contribution in [1.29, 1.82) is 0 Å². The molecule has 2 aliphatic rings. The molecule has 0 saturated heterocycles. The van der Waals surface area contributed by atoms with E-state index < -0.39 is 5.97 Å². The summed E-state index contributed by atoms with van der Waals surface area (Å²) in [5.41, 5.74) is 2.29. The van der Waals surface area contributed by atoms with Crippen LogP contribution in [0.25, 0.3) is 0 Å². The van der Waals surface area contributed by atoms with Gasteiger partial charge in [-0.2, -0.15) is 0 Å². The zero-order valence-corrected chi connectivity index (χ0v) is 14.2. The molecule has 0 aromatic heterocycles. The van der Waals surface area contributed by atoms with Crippen molar-refractivity contribution in [2.45, 2.75) is 39.7 Å². The summed E-state index contributed by atoms with van der Waals surface area (Å²) in [4.78, 5) is 11.0. The van der Waals surface area contributed by atoms with Crippen molar-refractivity contribution in [2.75, 3.05) is 26.9 Å². The number of carbonyl (C=O) groups is 1. The SMILES string of the molecule is COC(=O)C#CCOC1CCC(C)(C)C(C2=COCCO2)=C1C.